The van der Waals surface area contributed by atoms with Crippen LogP contribution in [0.5, 0.6) is 0 Å². The van der Waals surface area contributed by atoms with Gasteiger partial charge >= 0.3 is 0 Å². The third-order valence-corrected chi connectivity index (χ3v) is 4.40. The second-order valence-corrected chi connectivity index (χ2v) is 6.18. The molecule has 134 valence electrons. The second-order valence-electron chi connectivity index (χ2n) is 6.18. The summed E-state index contributed by atoms with van der Waals surface area (Å²) in [7, 11) is 1.50. The molecular formula is C16H21N5O4. The van der Waals surface area contributed by atoms with Crippen molar-refractivity contribution >= 4 is 22.5 Å². The topological polar surface area (TPSA) is 103 Å². The maximum absolute atomic E-state index is 11.6. The van der Waals surface area contributed by atoms with Crippen molar-refractivity contribution < 1.29 is 14.5 Å². The number of ether oxygens (including phenoxy) is 1. The Labute approximate surface area is 144 Å². The highest BCUT2D eigenvalue weighted by Gasteiger charge is 2.21. The molecule has 1 fully saturated rings. The predicted molar refractivity (Wildman–Crippen MR) is 91.0 cm³/mol. The number of methoxy groups -OCH3 is 1. The molecule has 0 atom stereocenters. The van der Waals surface area contributed by atoms with Gasteiger partial charge in [0, 0.05) is 43.8 Å². The van der Waals surface area contributed by atoms with E-state index in [4.69, 9.17) is 4.74 Å². The summed E-state index contributed by atoms with van der Waals surface area (Å²) in [6.07, 6.45) is 3.43. The Morgan fingerprint density at radius 2 is 2.20 bits per heavy atom. The fraction of sp³-hybridized carbons (Fsp3) is 0.500. The van der Waals surface area contributed by atoms with Crippen molar-refractivity contribution in [2.45, 2.75) is 25.6 Å². The standard InChI is InChI=1S/C16H21N5O4/c1-25-10-16(22)18-13-4-6-19(7-5-13)11-20-15-8-14(21(23)24)3-2-12(15)9-17-20/h2-3,8-9,13H,4-7,10-11H2,1H3,(H,18,22). The van der Waals surface area contributed by atoms with Crippen LogP contribution in [0.25, 0.3) is 10.9 Å². The molecule has 0 bridgehead atoms. The fourth-order valence-electron chi connectivity index (χ4n) is 3.09. The van der Waals surface area contributed by atoms with Crippen molar-refractivity contribution in [2.24, 2.45) is 0 Å². The van der Waals surface area contributed by atoms with Gasteiger partial charge in [0.05, 0.1) is 23.3 Å². The number of nitrogens with one attached hydrogen (secondary N) is 1. The van der Waals surface area contributed by atoms with Gasteiger partial charge in [-0.05, 0) is 18.9 Å². The lowest BCUT2D eigenvalue weighted by Crippen LogP contribution is -2.45. The summed E-state index contributed by atoms with van der Waals surface area (Å²) in [5.74, 6) is -0.0914. The van der Waals surface area contributed by atoms with E-state index >= 15 is 0 Å². The lowest BCUT2D eigenvalue weighted by atomic mass is 10.1. The first-order valence-corrected chi connectivity index (χ1v) is 8.17. The second kappa shape index (κ2) is 7.58. The predicted octanol–water partition coefficient (Wildman–Crippen LogP) is 1.13. The number of benzene rings is 1. The first-order chi connectivity index (χ1) is 12.1. The molecule has 1 amide bonds. The largest absolute Gasteiger partial charge is 0.375 e. The monoisotopic (exact) mass is 347 g/mol. The molecule has 0 unspecified atom stereocenters. The molecule has 3 rings (SSSR count). The number of nitro groups is 1. The van der Waals surface area contributed by atoms with Crippen LogP contribution in [0.2, 0.25) is 0 Å². The molecule has 1 aliphatic heterocycles. The van der Waals surface area contributed by atoms with Crippen molar-refractivity contribution in [1.82, 2.24) is 20.0 Å². The Balaban J connectivity index is 1.60. The van der Waals surface area contributed by atoms with E-state index in [1.807, 2.05) is 0 Å². The van der Waals surface area contributed by atoms with Crippen LogP contribution in [0.3, 0.4) is 0 Å². The molecule has 9 heteroatoms. The lowest BCUT2D eigenvalue weighted by Gasteiger charge is -2.32. The lowest BCUT2D eigenvalue weighted by molar-refractivity contribution is -0.384. The molecule has 2 heterocycles. The quantitative estimate of drug-likeness (QED) is 0.621. The molecule has 1 N–H and O–H groups in total. The molecule has 0 aliphatic carbocycles. The first-order valence-electron chi connectivity index (χ1n) is 8.17. The van der Waals surface area contributed by atoms with E-state index in [2.05, 4.69) is 15.3 Å². The van der Waals surface area contributed by atoms with Crippen LogP contribution >= 0.6 is 0 Å². The zero-order valence-electron chi connectivity index (χ0n) is 14.1. The summed E-state index contributed by atoms with van der Waals surface area (Å²) in [5.41, 5.74) is 0.818. The molecule has 25 heavy (non-hydrogen) atoms. The third kappa shape index (κ3) is 4.12. The minimum atomic E-state index is -0.398. The summed E-state index contributed by atoms with van der Waals surface area (Å²) in [6.45, 7) is 2.31. The number of carbonyl (C=O) groups excluding carboxylic acids is 1. The van der Waals surface area contributed by atoms with Crippen LogP contribution in [0.1, 0.15) is 12.8 Å². The number of non-ortho nitro benzene ring substituents is 1. The number of nitro benzene ring substituents is 1. The Bertz CT molecular complexity index is 767. The van der Waals surface area contributed by atoms with Gasteiger partial charge in [-0.25, -0.2) is 0 Å². The summed E-state index contributed by atoms with van der Waals surface area (Å²) < 4.78 is 6.61. The van der Waals surface area contributed by atoms with Gasteiger partial charge in [-0.1, -0.05) is 0 Å². The van der Waals surface area contributed by atoms with E-state index in [-0.39, 0.29) is 24.2 Å². The zero-order chi connectivity index (χ0) is 17.8. The number of piperidine rings is 1. The van der Waals surface area contributed by atoms with Gasteiger partial charge in [0.15, 0.2) is 0 Å². The number of hydrogen-bond donors (Lipinski definition) is 1. The highest BCUT2D eigenvalue weighted by Crippen LogP contribution is 2.21. The fourth-order valence-corrected chi connectivity index (χ4v) is 3.09. The van der Waals surface area contributed by atoms with Crippen molar-refractivity contribution in [3.05, 3.63) is 34.5 Å². The summed E-state index contributed by atoms with van der Waals surface area (Å²) >= 11 is 0. The van der Waals surface area contributed by atoms with Gasteiger partial charge in [0.25, 0.3) is 5.69 Å². The number of aromatic nitrogens is 2. The molecule has 0 spiro atoms. The van der Waals surface area contributed by atoms with Gasteiger partial charge in [-0.2, -0.15) is 5.10 Å². The average molecular weight is 347 g/mol. The molecule has 9 nitrogen and oxygen atoms in total. The zero-order valence-corrected chi connectivity index (χ0v) is 14.1. The van der Waals surface area contributed by atoms with E-state index < -0.39 is 4.92 Å². The molecule has 2 aromatic rings. The van der Waals surface area contributed by atoms with E-state index in [0.29, 0.717) is 6.67 Å². The molecule has 1 aromatic carbocycles. The van der Waals surface area contributed by atoms with Crippen molar-refractivity contribution in [1.29, 1.82) is 0 Å². The maximum atomic E-state index is 11.6. The maximum Gasteiger partial charge on any atom is 0.271 e. The highest BCUT2D eigenvalue weighted by atomic mass is 16.6. The molecule has 0 saturated carbocycles. The van der Waals surface area contributed by atoms with Crippen LogP contribution in [0.15, 0.2) is 24.4 Å². The summed E-state index contributed by atoms with van der Waals surface area (Å²) in [5, 5.41) is 19.2. The molecule has 1 saturated heterocycles. The Hall–Kier alpha value is -2.52. The number of fused-ring (bicyclic) bond motifs is 1. The normalized spacial score (nSPS) is 16.2. The average Bonchev–Trinajstić information content (AvgIpc) is 2.99. The highest BCUT2D eigenvalue weighted by molar-refractivity contribution is 5.81. The minimum Gasteiger partial charge on any atom is -0.375 e. The van der Waals surface area contributed by atoms with Gasteiger partial charge in [0.1, 0.15) is 6.61 Å². The number of nitrogens with zero attached hydrogens (tertiary/aromatic N) is 4. The molecule has 1 aliphatic rings. The van der Waals surface area contributed by atoms with Crippen molar-refractivity contribution in [3.63, 3.8) is 0 Å². The number of carbonyl (C=O) groups is 1. The van der Waals surface area contributed by atoms with Crippen LogP contribution in [0.4, 0.5) is 5.69 Å². The van der Waals surface area contributed by atoms with Crippen LogP contribution < -0.4 is 5.32 Å². The first kappa shape index (κ1) is 17.3. The van der Waals surface area contributed by atoms with Gasteiger partial charge in [-0.3, -0.25) is 24.5 Å². The van der Waals surface area contributed by atoms with E-state index in [1.54, 1.807) is 23.0 Å². The third-order valence-electron chi connectivity index (χ3n) is 4.40. The SMILES string of the molecule is COCC(=O)NC1CCN(Cn2ncc3ccc([N+](=O)[O-])cc32)CC1. The van der Waals surface area contributed by atoms with Crippen LogP contribution in [0, 0.1) is 10.1 Å². The Morgan fingerprint density at radius 3 is 2.88 bits per heavy atom. The number of hydrogen-bond acceptors (Lipinski definition) is 6. The Kier molecular flexibility index (Phi) is 5.25. The van der Waals surface area contributed by atoms with Gasteiger partial charge < -0.3 is 10.1 Å². The number of amides is 1. The molecular weight excluding hydrogens is 326 g/mol. The van der Waals surface area contributed by atoms with E-state index in [9.17, 15) is 14.9 Å². The van der Waals surface area contributed by atoms with Gasteiger partial charge in [-0.15, -0.1) is 0 Å². The van der Waals surface area contributed by atoms with Crippen molar-refractivity contribution in [3.8, 4) is 0 Å². The van der Waals surface area contributed by atoms with E-state index in [1.165, 1.54) is 13.2 Å². The summed E-state index contributed by atoms with van der Waals surface area (Å²) in [6, 6.07) is 4.92. The Morgan fingerprint density at radius 1 is 1.44 bits per heavy atom. The number of rotatable bonds is 6. The summed E-state index contributed by atoms with van der Waals surface area (Å²) in [4.78, 5) is 24.4. The molecule has 1 aromatic heterocycles. The number of likely N-dealkylation sites (tertiary alicyclic amines) is 1. The van der Waals surface area contributed by atoms with E-state index in [0.717, 1.165) is 36.8 Å². The van der Waals surface area contributed by atoms with Crippen LogP contribution in [-0.2, 0) is 16.2 Å². The van der Waals surface area contributed by atoms with Crippen LogP contribution in [-0.4, -0.2) is 58.4 Å². The van der Waals surface area contributed by atoms with Crippen molar-refractivity contribution in [2.75, 3.05) is 26.8 Å². The minimum absolute atomic E-state index is 0.0637. The van der Waals surface area contributed by atoms with Gasteiger partial charge in [0.2, 0.25) is 5.91 Å². The molecule has 0 radical (unpaired) electrons. The smallest absolute Gasteiger partial charge is 0.271 e.